The van der Waals surface area contributed by atoms with Crippen molar-refractivity contribution >= 4 is 14.5 Å². The van der Waals surface area contributed by atoms with Gasteiger partial charge in [-0.2, -0.15) is 0 Å². The van der Waals surface area contributed by atoms with Crippen LogP contribution in [0.4, 0.5) is 0 Å². The summed E-state index contributed by atoms with van der Waals surface area (Å²) < 4.78 is 21.3. The van der Waals surface area contributed by atoms with Crippen LogP contribution in [0.1, 0.15) is 6.92 Å². The van der Waals surface area contributed by atoms with Gasteiger partial charge in [-0.05, 0) is 6.92 Å². The fourth-order valence-electron chi connectivity index (χ4n) is 0.495. The van der Waals surface area contributed by atoms with E-state index in [4.69, 9.17) is 19.8 Å². The Bertz CT molecular complexity index is 307. The van der Waals surface area contributed by atoms with Crippen LogP contribution in [0, 0.1) is 0 Å². The number of nitrogens with one attached hydrogen (secondary N) is 1. The standard InChI is InChI=1S/C5H13NO6P2/c1-5(4-7)2-3-6-13(8,9)14(10,11)12/h2,7H,3-4H2,1H3,(H2,6,8,9)(H2,10,11,12). The molecular weight excluding hydrogens is 232 g/mol. The first-order valence-corrected chi connectivity index (χ1v) is 7.59. The second-order valence-corrected chi connectivity index (χ2v) is 8.25. The molecule has 0 saturated carbocycles. The first-order valence-electron chi connectivity index (χ1n) is 3.61. The van der Waals surface area contributed by atoms with Crippen molar-refractivity contribution in [2.45, 2.75) is 6.92 Å². The van der Waals surface area contributed by atoms with Crippen LogP contribution in [0.25, 0.3) is 0 Å². The SMILES string of the molecule is CC(=CCNP(=O)(O)P(=O)(O)O)CO. The van der Waals surface area contributed by atoms with Crippen LogP contribution in [-0.2, 0) is 9.13 Å². The molecule has 7 nitrogen and oxygen atoms in total. The van der Waals surface area contributed by atoms with Crippen molar-refractivity contribution in [1.29, 1.82) is 0 Å². The maximum atomic E-state index is 10.9. The highest BCUT2D eigenvalue weighted by atomic mass is 32.1. The zero-order valence-electron chi connectivity index (χ0n) is 7.49. The van der Waals surface area contributed by atoms with Gasteiger partial charge in [-0.1, -0.05) is 11.6 Å². The molecular formula is C5H13NO6P2. The highest BCUT2D eigenvalue weighted by Gasteiger charge is 2.39. The first kappa shape index (κ1) is 14.0. The molecule has 0 amide bonds. The largest absolute Gasteiger partial charge is 0.423 e. The lowest BCUT2D eigenvalue weighted by Gasteiger charge is -2.12. The number of rotatable bonds is 5. The van der Waals surface area contributed by atoms with Crippen molar-refractivity contribution in [2.24, 2.45) is 0 Å². The summed E-state index contributed by atoms with van der Waals surface area (Å²) in [5.41, 5.74) is 0.531. The van der Waals surface area contributed by atoms with Crippen molar-refractivity contribution < 1.29 is 28.9 Å². The predicted octanol–water partition coefficient (Wildman–Crippen LogP) is -0.207. The van der Waals surface area contributed by atoms with E-state index < -0.39 is 14.5 Å². The molecule has 0 spiro atoms. The normalized spacial score (nSPS) is 17.9. The van der Waals surface area contributed by atoms with Crippen LogP contribution in [0.2, 0.25) is 0 Å². The summed E-state index contributed by atoms with van der Waals surface area (Å²) in [5.74, 6) is 0. The zero-order chi connectivity index (χ0) is 11.4. The molecule has 0 aromatic rings. The first-order chi connectivity index (χ1) is 6.20. The lowest BCUT2D eigenvalue weighted by Crippen LogP contribution is -2.10. The summed E-state index contributed by atoms with van der Waals surface area (Å²) in [6.45, 7) is 1.17. The van der Waals surface area contributed by atoms with E-state index in [1.807, 2.05) is 5.09 Å². The monoisotopic (exact) mass is 245 g/mol. The Labute approximate surface area is 81.0 Å². The van der Waals surface area contributed by atoms with E-state index in [0.717, 1.165) is 0 Å². The third-order valence-electron chi connectivity index (χ3n) is 1.35. The Kier molecular flexibility index (Phi) is 5.19. The zero-order valence-corrected chi connectivity index (χ0v) is 9.28. The van der Waals surface area contributed by atoms with Crippen molar-refractivity contribution in [3.05, 3.63) is 11.6 Å². The smallest absolute Gasteiger partial charge is 0.392 e. The molecule has 14 heavy (non-hydrogen) atoms. The molecule has 5 N–H and O–H groups in total. The summed E-state index contributed by atoms with van der Waals surface area (Å²) in [4.78, 5) is 25.7. The van der Waals surface area contributed by atoms with E-state index >= 15 is 0 Å². The summed E-state index contributed by atoms with van der Waals surface area (Å²) >= 11 is 0. The molecule has 0 saturated heterocycles. The van der Waals surface area contributed by atoms with Crippen LogP contribution < -0.4 is 5.09 Å². The molecule has 0 fully saturated rings. The lowest BCUT2D eigenvalue weighted by molar-refractivity contribution is 0.331. The Morgan fingerprint density at radius 1 is 1.36 bits per heavy atom. The molecule has 0 aliphatic rings. The molecule has 0 aliphatic heterocycles. The highest BCUT2D eigenvalue weighted by Crippen LogP contribution is 2.71. The minimum atomic E-state index is -5.03. The van der Waals surface area contributed by atoms with Crippen LogP contribution in [0.3, 0.4) is 0 Å². The highest BCUT2D eigenvalue weighted by molar-refractivity contribution is 8.27. The van der Waals surface area contributed by atoms with Gasteiger partial charge in [0, 0.05) is 6.54 Å². The van der Waals surface area contributed by atoms with Crippen molar-refractivity contribution in [3.63, 3.8) is 0 Å². The second kappa shape index (κ2) is 5.19. The molecule has 84 valence electrons. The van der Waals surface area contributed by atoms with Gasteiger partial charge in [0.1, 0.15) is 0 Å². The summed E-state index contributed by atoms with van der Waals surface area (Å²) in [6.07, 6.45) is 1.36. The Morgan fingerprint density at radius 3 is 2.21 bits per heavy atom. The van der Waals surface area contributed by atoms with Gasteiger partial charge in [-0.25, -0.2) is 9.65 Å². The minimum Gasteiger partial charge on any atom is -0.392 e. The Balaban J connectivity index is 4.29. The molecule has 0 rings (SSSR count). The van der Waals surface area contributed by atoms with Crippen molar-refractivity contribution in [3.8, 4) is 0 Å². The van der Waals surface area contributed by atoms with Gasteiger partial charge in [0.2, 0.25) is 0 Å². The number of aliphatic hydroxyl groups excluding tert-OH is 1. The molecule has 0 aromatic heterocycles. The Morgan fingerprint density at radius 2 is 1.86 bits per heavy atom. The van der Waals surface area contributed by atoms with Gasteiger partial charge in [0.25, 0.3) is 0 Å². The fourth-order valence-corrected chi connectivity index (χ4v) is 1.81. The minimum absolute atomic E-state index is 0.189. The lowest BCUT2D eigenvalue weighted by atomic mass is 10.3. The van der Waals surface area contributed by atoms with Gasteiger partial charge in [0.05, 0.1) is 6.61 Å². The summed E-state index contributed by atoms with van der Waals surface area (Å²) in [7, 11) is -9.68. The molecule has 0 aromatic carbocycles. The van der Waals surface area contributed by atoms with E-state index in [-0.39, 0.29) is 13.2 Å². The van der Waals surface area contributed by atoms with Gasteiger partial charge >= 0.3 is 14.5 Å². The quantitative estimate of drug-likeness (QED) is 0.335. The topological polar surface area (TPSA) is 127 Å². The molecule has 1 unspecified atom stereocenters. The maximum Gasteiger partial charge on any atom is 0.423 e. The number of hydrogen-bond acceptors (Lipinski definition) is 3. The molecule has 0 radical (unpaired) electrons. The molecule has 9 heteroatoms. The van der Waals surface area contributed by atoms with Crippen molar-refractivity contribution in [1.82, 2.24) is 5.09 Å². The molecule has 0 bridgehead atoms. The summed E-state index contributed by atoms with van der Waals surface area (Å²) in [5, 5.41) is 10.4. The number of aliphatic hydroxyl groups is 1. The third-order valence-corrected chi connectivity index (χ3v) is 5.19. The van der Waals surface area contributed by atoms with E-state index in [2.05, 4.69) is 0 Å². The van der Waals surface area contributed by atoms with Crippen LogP contribution >= 0.6 is 14.5 Å². The molecule has 0 aliphatic carbocycles. The maximum absolute atomic E-state index is 10.9. The van der Waals surface area contributed by atoms with Crippen molar-refractivity contribution in [2.75, 3.05) is 13.2 Å². The summed E-state index contributed by atoms with van der Waals surface area (Å²) in [6, 6.07) is 0. The van der Waals surface area contributed by atoms with E-state index in [9.17, 15) is 9.13 Å². The average molecular weight is 245 g/mol. The van der Waals surface area contributed by atoms with Crippen LogP contribution in [0.5, 0.6) is 0 Å². The predicted molar refractivity (Wildman–Crippen MR) is 50.7 cm³/mol. The molecule has 0 heterocycles. The van der Waals surface area contributed by atoms with Gasteiger partial charge in [0.15, 0.2) is 0 Å². The second-order valence-electron chi connectivity index (χ2n) is 2.63. The average Bonchev–Trinajstić information content (AvgIpc) is 2.01. The van der Waals surface area contributed by atoms with E-state index in [1.54, 1.807) is 6.92 Å². The van der Waals surface area contributed by atoms with E-state index in [0.29, 0.717) is 5.57 Å². The third kappa shape index (κ3) is 4.48. The van der Waals surface area contributed by atoms with Gasteiger partial charge < -0.3 is 19.8 Å². The van der Waals surface area contributed by atoms with Gasteiger partial charge in [-0.3, -0.25) is 4.57 Å². The van der Waals surface area contributed by atoms with Crippen LogP contribution in [0.15, 0.2) is 11.6 Å². The number of hydrogen-bond donors (Lipinski definition) is 5. The van der Waals surface area contributed by atoms with Crippen LogP contribution in [-0.4, -0.2) is 32.9 Å². The van der Waals surface area contributed by atoms with Gasteiger partial charge in [-0.15, -0.1) is 0 Å². The molecule has 1 atom stereocenters. The fraction of sp³-hybridized carbons (Fsp3) is 0.600. The van der Waals surface area contributed by atoms with E-state index in [1.165, 1.54) is 6.08 Å². The Hall–Kier alpha value is -0.0000000000000000694.